The number of anilines is 1. The van der Waals surface area contributed by atoms with Gasteiger partial charge < -0.3 is 14.6 Å². The molecule has 0 radical (unpaired) electrons. The minimum Gasteiger partial charge on any atom is -0.494 e. The van der Waals surface area contributed by atoms with Crippen LogP contribution < -0.4 is 19.3 Å². The molecule has 0 bridgehead atoms. The van der Waals surface area contributed by atoms with Gasteiger partial charge in [-0.25, -0.2) is 4.98 Å². The summed E-state index contributed by atoms with van der Waals surface area (Å²) in [6.07, 6.45) is 0. The Hall–Kier alpha value is -2.77. The number of quaternary nitrogens is 1. The SMILES string of the molecule is CCOc1ccc(OCC[NH+]2CN(CCO)c3nc4ccccc4n3C2)cc1. The molecule has 0 amide bonds. The highest BCUT2D eigenvalue weighted by atomic mass is 16.5. The number of nitrogens with zero attached hydrogens (tertiary/aromatic N) is 3. The lowest BCUT2D eigenvalue weighted by Crippen LogP contribution is -3.14. The fraction of sp³-hybridized carbons (Fsp3) is 0.381. The third-order valence-electron chi connectivity index (χ3n) is 4.94. The lowest BCUT2D eigenvalue weighted by atomic mass is 10.3. The van der Waals surface area contributed by atoms with E-state index >= 15 is 0 Å². The van der Waals surface area contributed by atoms with Crippen LogP contribution in [0, 0.1) is 0 Å². The van der Waals surface area contributed by atoms with Crippen molar-refractivity contribution in [2.75, 3.05) is 44.5 Å². The van der Waals surface area contributed by atoms with E-state index in [1.165, 1.54) is 4.90 Å². The number of para-hydroxylation sites is 2. The maximum absolute atomic E-state index is 9.47. The Labute approximate surface area is 164 Å². The van der Waals surface area contributed by atoms with Crippen LogP contribution in [0.25, 0.3) is 11.0 Å². The van der Waals surface area contributed by atoms with Crippen molar-refractivity contribution >= 4 is 17.0 Å². The van der Waals surface area contributed by atoms with Gasteiger partial charge in [0.15, 0.2) is 13.3 Å². The van der Waals surface area contributed by atoms with Gasteiger partial charge in [-0.3, -0.25) is 14.4 Å². The quantitative estimate of drug-likeness (QED) is 0.611. The summed E-state index contributed by atoms with van der Waals surface area (Å²) in [7, 11) is 0. The summed E-state index contributed by atoms with van der Waals surface area (Å²) in [5.41, 5.74) is 2.12. The number of nitrogens with one attached hydrogen (secondary N) is 1. The summed E-state index contributed by atoms with van der Waals surface area (Å²) in [6, 6.07) is 15.9. The van der Waals surface area contributed by atoms with E-state index < -0.39 is 0 Å². The zero-order valence-corrected chi connectivity index (χ0v) is 16.2. The Morgan fingerprint density at radius 1 is 1.04 bits per heavy atom. The minimum absolute atomic E-state index is 0.110. The van der Waals surface area contributed by atoms with E-state index in [4.69, 9.17) is 14.5 Å². The first-order valence-corrected chi connectivity index (χ1v) is 9.79. The predicted octanol–water partition coefficient (Wildman–Crippen LogP) is 1.13. The van der Waals surface area contributed by atoms with Crippen molar-refractivity contribution in [1.29, 1.82) is 0 Å². The number of benzene rings is 2. The van der Waals surface area contributed by atoms with Crippen LogP contribution in [0.1, 0.15) is 6.92 Å². The number of ether oxygens (including phenoxy) is 2. The van der Waals surface area contributed by atoms with Gasteiger partial charge in [0.1, 0.15) is 24.7 Å². The van der Waals surface area contributed by atoms with Crippen LogP contribution in [0.4, 0.5) is 5.95 Å². The summed E-state index contributed by atoms with van der Waals surface area (Å²) in [4.78, 5) is 8.28. The van der Waals surface area contributed by atoms with E-state index in [2.05, 4.69) is 15.5 Å². The second-order valence-corrected chi connectivity index (χ2v) is 6.88. The van der Waals surface area contributed by atoms with Gasteiger partial charge in [-0.05, 0) is 43.3 Å². The summed E-state index contributed by atoms with van der Waals surface area (Å²) in [5.74, 6) is 2.64. The molecule has 4 rings (SSSR count). The van der Waals surface area contributed by atoms with Gasteiger partial charge in [0.25, 0.3) is 0 Å². The Morgan fingerprint density at radius 3 is 2.54 bits per heavy atom. The normalized spacial score (nSPS) is 16.2. The van der Waals surface area contributed by atoms with Crippen molar-refractivity contribution in [3.05, 3.63) is 48.5 Å². The third kappa shape index (κ3) is 3.90. The summed E-state index contributed by atoms with van der Waals surface area (Å²) in [5, 5.41) is 9.47. The standard InChI is InChI=1S/C21H26N4O3/c1-2-27-17-7-9-18(10-8-17)28-14-12-23-15-24(11-13-26)21-22-19-5-3-4-6-20(19)25(21)16-23/h3-10,26H,2,11-16H2,1H3/p+1. The molecule has 0 saturated heterocycles. The van der Waals surface area contributed by atoms with Crippen LogP contribution in [-0.2, 0) is 6.67 Å². The molecule has 2 N–H and O–H groups in total. The Balaban J connectivity index is 1.41. The Morgan fingerprint density at radius 2 is 1.79 bits per heavy atom. The number of aliphatic hydroxyl groups excluding tert-OH is 1. The van der Waals surface area contributed by atoms with Crippen LogP contribution in [0.3, 0.4) is 0 Å². The molecule has 1 aliphatic rings. The van der Waals surface area contributed by atoms with Crippen molar-refractivity contribution < 1.29 is 19.5 Å². The number of imidazole rings is 1. The van der Waals surface area contributed by atoms with Gasteiger partial charge >= 0.3 is 0 Å². The summed E-state index contributed by atoms with van der Waals surface area (Å²) < 4.78 is 13.6. The van der Waals surface area contributed by atoms with Gasteiger partial charge in [-0.2, -0.15) is 0 Å². The van der Waals surface area contributed by atoms with E-state index in [0.717, 1.165) is 48.4 Å². The van der Waals surface area contributed by atoms with Gasteiger partial charge in [0.05, 0.1) is 24.2 Å². The lowest BCUT2D eigenvalue weighted by molar-refractivity contribution is -0.924. The monoisotopic (exact) mass is 383 g/mol. The molecular weight excluding hydrogens is 356 g/mol. The largest absolute Gasteiger partial charge is 0.494 e. The Bertz CT molecular complexity index is 910. The smallest absolute Gasteiger partial charge is 0.215 e. The Kier molecular flexibility index (Phi) is 5.64. The van der Waals surface area contributed by atoms with Crippen molar-refractivity contribution in [3.8, 4) is 11.5 Å². The van der Waals surface area contributed by atoms with E-state index in [1.807, 2.05) is 49.4 Å². The number of β-amino-alcohol motifs (C(OH)–C–C–N with tert-alkyl or cyclic N) is 1. The zero-order valence-electron chi connectivity index (χ0n) is 16.2. The van der Waals surface area contributed by atoms with Gasteiger partial charge in [-0.1, -0.05) is 12.1 Å². The molecule has 0 fully saturated rings. The molecule has 1 aromatic heterocycles. The average Bonchev–Trinajstić information content (AvgIpc) is 3.09. The van der Waals surface area contributed by atoms with Gasteiger partial charge in [0, 0.05) is 6.54 Å². The molecule has 0 spiro atoms. The number of rotatable bonds is 8. The summed E-state index contributed by atoms with van der Waals surface area (Å²) in [6.45, 7) is 6.44. The van der Waals surface area contributed by atoms with E-state index in [-0.39, 0.29) is 6.61 Å². The third-order valence-corrected chi connectivity index (χ3v) is 4.94. The molecule has 2 heterocycles. The number of aliphatic hydroxyl groups is 1. The molecule has 7 heteroatoms. The van der Waals surface area contributed by atoms with Gasteiger partial charge in [-0.15, -0.1) is 0 Å². The molecule has 2 aromatic carbocycles. The maximum atomic E-state index is 9.47. The molecule has 148 valence electrons. The number of hydrogen-bond acceptors (Lipinski definition) is 5. The van der Waals surface area contributed by atoms with Crippen molar-refractivity contribution in [2.45, 2.75) is 13.6 Å². The summed E-state index contributed by atoms with van der Waals surface area (Å²) >= 11 is 0. The van der Waals surface area contributed by atoms with Crippen LogP contribution >= 0.6 is 0 Å². The molecule has 3 aromatic rings. The van der Waals surface area contributed by atoms with Crippen molar-refractivity contribution in [2.24, 2.45) is 0 Å². The number of hydrogen-bond donors (Lipinski definition) is 2. The molecule has 0 aliphatic carbocycles. The first-order valence-electron chi connectivity index (χ1n) is 9.79. The number of aromatic nitrogens is 2. The minimum atomic E-state index is 0.110. The molecule has 1 atom stereocenters. The first kappa shape index (κ1) is 18.6. The van der Waals surface area contributed by atoms with Crippen LogP contribution in [0.5, 0.6) is 11.5 Å². The lowest BCUT2D eigenvalue weighted by Gasteiger charge is -2.34. The number of fused-ring (bicyclic) bond motifs is 3. The van der Waals surface area contributed by atoms with Crippen LogP contribution in [0.2, 0.25) is 0 Å². The van der Waals surface area contributed by atoms with Gasteiger partial charge in [0.2, 0.25) is 5.95 Å². The highest BCUT2D eigenvalue weighted by molar-refractivity contribution is 5.78. The van der Waals surface area contributed by atoms with E-state index in [0.29, 0.717) is 19.8 Å². The van der Waals surface area contributed by atoms with Crippen LogP contribution in [0.15, 0.2) is 48.5 Å². The molecule has 1 aliphatic heterocycles. The second-order valence-electron chi connectivity index (χ2n) is 6.88. The molecule has 28 heavy (non-hydrogen) atoms. The highest BCUT2D eigenvalue weighted by Gasteiger charge is 2.28. The van der Waals surface area contributed by atoms with Crippen molar-refractivity contribution in [1.82, 2.24) is 9.55 Å². The highest BCUT2D eigenvalue weighted by Crippen LogP contribution is 2.22. The predicted molar refractivity (Wildman–Crippen MR) is 108 cm³/mol. The van der Waals surface area contributed by atoms with Crippen molar-refractivity contribution in [3.63, 3.8) is 0 Å². The molecule has 1 unspecified atom stereocenters. The first-order chi connectivity index (χ1) is 13.8. The topological polar surface area (TPSA) is 64.2 Å². The van der Waals surface area contributed by atoms with E-state index in [9.17, 15) is 5.11 Å². The fourth-order valence-electron chi connectivity index (χ4n) is 3.64. The maximum Gasteiger partial charge on any atom is 0.215 e. The zero-order chi connectivity index (χ0) is 19.3. The second kappa shape index (κ2) is 8.50. The van der Waals surface area contributed by atoms with E-state index in [1.54, 1.807) is 0 Å². The average molecular weight is 383 g/mol. The molecule has 7 nitrogen and oxygen atoms in total. The molecular formula is C21H27N4O3+. The fourth-order valence-corrected chi connectivity index (χ4v) is 3.64. The molecule has 0 saturated carbocycles. The van der Waals surface area contributed by atoms with Crippen LogP contribution in [-0.4, -0.2) is 54.2 Å².